The molecule has 0 amide bonds. The lowest BCUT2D eigenvalue weighted by molar-refractivity contribution is -0.0603. The second-order valence-electron chi connectivity index (χ2n) is 5.02. The number of rotatable bonds is 7. The van der Waals surface area contributed by atoms with Crippen LogP contribution in [0.2, 0.25) is 0 Å². The molecule has 4 heteroatoms. The van der Waals surface area contributed by atoms with E-state index in [1.165, 1.54) is 0 Å². The van der Waals surface area contributed by atoms with Crippen molar-refractivity contribution in [1.29, 1.82) is 0 Å². The van der Waals surface area contributed by atoms with Crippen LogP contribution in [0.3, 0.4) is 0 Å². The van der Waals surface area contributed by atoms with Gasteiger partial charge in [0.1, 0.15) is 5.60 Å². The summed E-state index contributed by atoms with van der Waals surface area (Å²) in [5.41, 5.74) is 6.48. The molecule has 0 unspecified atom stereocenters. The highest BCUT2D eigenvalue weighted by molar-refractivity contribution is 9.10. The number of halogens is 1. The number of nitrogens with two attached hydrogens (primary N) is 1. The molecule has 0 saturated heterocycles. The smallest absolute Gasteiger partial charge is 0.114 e. The van der Waals surface area contributed by atoms with Gasteiger partial charge in [0.25, 0.3) is 0 Å². The molecule has 2 rings (SSSR count). The molecule has 0 saturated carbocycles. The summed E-state index contributed by atoms with van der Waals surface area (Å²) >= 11 is 3.49. The van der Waals surface area contributed by atoms with E-state index in [1.54, 1.807) is 0 Å². The third-order valence-electron chi connectivity index (χ3n) is 3.43. The molecule has 0 aliphatic carbocycles. The largest absolute Gasteiger partial charge is 0.383 e. The van der Waals surface area contributed by atoms with Gasteiger partial charge in [0.05, 0.1) is 13.2 Å². The van der Waals surface area contributed by atoms with Gasteiger partial charge in [0.15, 0.2) is 0 Å². The van der Waals surface area contributed by atoms with Crippen LogP contribution in [0.4, 0.5) is 0 Å². The molecule has 0 radical (unpaired) electrons. The van der Waals surface area contributed by atoms with Gasteiger partial charge in [-0.2, -0.15) is 0 Å². The second kappa shape index (κ2) is 7.71. The van der Waals surface area contributed by atoms with Crippen LogP contribution in [-0.2, 0) is 16.9 Å². The Morgan fingerprint density at radius 1 is 1.05 bits per heavy atom. The van der Waals surface area contributed by atoms with E-state index in [-0.39, 0.29) is 6.61 Å². The van der Waals surface area contributed by atoms with Gasteiger partial charge in [-0.3, -0.25) is 0 Å². The first-order valence-electron chi connectivity index (χ1n) is 6.95. The Balaban J connectivity index is 2.02. The number of hydrogen-bond acceptors (Lipinski definition) is 3. The van der Waals surface area contributed by atoms with Crippen molar-refractivity contribution in [3.63, 3.8) is 0 Å². The quantitative estimate of drug-likeness (QED) is 0.806. The maximum absolute atomic E-state index is 10.8. The first-order valence-corrected chi connectivity index (χ1v) is 7.74. The predicted molar refractivity (Wildman–Crippen MR) is 87.8 cm³/mol. The fourth-order valence-corrected chi connectivity index (χ4v) is 2.63. The lowest BCUT2D eigenvalue weighted by Gasteiger charge is -2.28. The Morgan fingerprint density at radius 3 is 2.38 bits per heavy atom. The van der Waals surface area contributed by atoms with E-state index in [1.807, 2.05) is 54.6 Å². The molecule has 2 aromatic carbocycles. The van der Waals surface area contributed by atoms with Crippen LogP contribution < -0.4 is 5.73 Å². The maximum Gasteiger partial charge on any atom is 0.114 e. The van der Waals surface area contributed by atoms with Crippen molar-refractivity contribution >= 4 is 15.9 Å². The van der Waals surface area contributed by atoms with Crippen LogP contribution in [0.1, 0.15) is 17.5 Å². The zero-order chi connectivity index (χ0) is 15.1. The molecule has 0 heterocycles. The fourth-order valence-electron chi connectivity index (χ4n) is 2.23. The van der Waals surface area contributed by atoms with Crippen LogP contribution in [0.25, 0.3) is 0 Å². The summed E-state index contributed by atoms with van der Waals surface area (Å²) in [6, 6.07) is 17.4. The van der Waals surface area contributed by atoms with E-state index in [0.29, 0.717) is 19.6 Å². The van der Waals surface area contributed by atoms with Crippen molar-refractivity contribution in [2.24, 2.45) is 5.73 Å². The number of ether oxygens (including phenoxy) is 1. The van der Waals surface area contributed by atoms with Crippen molar-refractivity contribution in [2.75, 3.05) is 13.2 Å². The number of aliphatic hydroxyl groups is 1. The normalized spacial score (nSPS) is 13.9. The Morgan fingerprint density at radius 2 is 1.71 bits per heavy atom. The average Bonchev–Trinajstić information content (AvgIpc) is 2.50. The third kappa shape index (κ3) is 4.38. The third-order valence-corrected chi connectivity index (χ3v) is 4.20. The molecule has 2 aromatic rings. The van der Waals surface area contributed by atoms with Crippen LogP contribution in [0.15, 0.2) is 59.1 Å². The van der Waals surface area contributed by atoms with Gasteiger partial charge in [-0.05, 0) is 30.2 Å². The van der Waals surface area contributed by atoms with Gasteiger partial charge < -0.3 is 15.6 Å². The molecule has 1 atom stereocenters. The monoisotopic (exact) mass is 349 g/mol. The topological polar surface area (TPSA) is 55.5 Å². The standard InChI is InChI=1S/C17H20BrNO2/c18-16-9-5-4-6-14(16)12-21-13-17(20,10-11-19)15-7-2-1-3-8-15/h1-9,20H,10-13,19H2/t17-/m1/s1. The summed E-state index contributed by atoms with van der Waals surface area (Å²) in [6.07, 6.45) is 0.465. The van der Waals surface area contributed by atoms with Gasteiger partial charge in [0.2, 0.25) is 0 Å². The summed E-state index contributed by atoms with van der Waals surface area (Å²) < 4.78 is 6.74. The molecule has 0 aromatic heterocycles. The van der Waals surface area contributed by atoms with Crippen LogP contribution >= 0.6 is 15.9 Å². The van der Waals surface area contributed by atoms with E-state index >= 15 is 0 Å². The highest BCUT2D eigenvalue weighted by Crippen LogP contribution is 2.26. The highest BCUT2D eigenvalue weighted by Gasteiger charge is 2.28. The van der Waals surface area contributed by atoms with Crippen LogP contribution in [0, 0.1) is 0 Å². The molecule has 0 spiro atoms. The summed E-state index contributed by atoms with van der Waals surface area (Å²) in [6.45, 7) is 1.07. The van der Waals surface area contributed by atoms with E-state index < -0.39 is 5.60 Å². The Labute approximate surface area is 133 Å². The summed E-state index contributed by atoms with van der Waals surface area (Å²) in [5.74, 6) is 0. The molecule has 0 fully saturated rings. The minimum absolute atomic E-state index is 0.218. The van der Waals surface area contributed by atoms with E-state index in [4.69, 9.17) is 10.5 Å². The van der Waals surface area contributed by atoms with E-state index in [0.717, 1.165) is 15.6 Å². The molecule has 21 heavy (non-hydrogen) atoms. The fraction of sp³-hybridized carbons (Fsp3) is 0.294. The zero-order valence-corrected chi connectivity index (χ0v) is 13.4. The molecule has 112 valence electrons. The molecule has 0 aliphatic rings. The maximum atomic E-state index is 10.8. The highest BCUT2D eigenvalue weighted by atomic mass is 79.9. The lowest BCUT2D eigenvalue weighted by Crippen LogP contribution is -2.34. The number of benzene rings is 2. The molecule has 3 nitrogen and oxygen atoms in total. The molecular formula is C17H20BrNO2. The van der Waals surface area contributed by atoms with E-state index in [2.05, 4.69) is 15.9 Å². The van der Waals surface area contributed by atoms with Gasteiger partial charge in [-0.25, -0.2) is 0 Å². The average molecular weight is 350 g/mol. The lowest BCUT2D eigenvalue weighted by atomic mass is 9.91. The van der Waals surface area contributed by atoms with Crippen molar-refractivity contribution in [3.05, 3.63) is 70.2 Å². The minimum atomic E-state index is -1.04. The van der Waals surface area contributed by atoms with Gasteiger partial charge >= 0.3 is 0 Å². The first kappa shape index (κ1) is 16.2. The Hall–Kier alpha value is -1.20. The van der Waals surface area contributed by atoms with Crippen LogP contribution in [-0.4, -0.2) is 18.3 Å². The molecule has 0 aliphatic heterocycles. The van der Waals surface area contributed by atoms with Crippen LogP contribution in [0.5, 0.6) is 0 Å². The Kier molecular flexibility index (Phi) is 5.94. The number of hydrogen-bond donors (Lipinski definition) is 2. The summed E-state index contributed by atoms with van der Waals surface area (Å²) in [5, 5.41) is 10.8. The SMILES string of the molecule is NCC[C@@](O)(COCc1ccccc1Br)c1ccccc1. The van der Waals surface area contributed by atoms with Gasteiger partial charge in [-0.15, -0.1) is 0 Å². The van der Waals surface area contributed by atoms with Crippen molar-refractivity contribution in [2.45, 2.75) is 18.6 Å². The van der Waals surface area contributed by atoms with Gasteiger partial charge in [0, 0.05) is 4.47 Å². The second-order valence-corrected chi connectivity index (χ2v) is 5.87. The first-order chi connectivity index (χ1) is 10.2. The zero-order valence-electron chi connectivity index (χ0n) is 11.8. The van der Waals surface area contributed by atoms with Crippen molar-refractivity contribution in [1.82, 2.24) is 0 Å². The van der Waals surface area contributed by atoms with Gasteiger partial charge in [-0.1, -0.05) is 64.5 Å². The van der Waals surface area contributed by atoms with Crippen molar-refractivity contribution in [3.8, 4) is 0 Å². The predicted octanol–water partition coefficient (Wildman–Crippen LogP) is 3.20. The molecular weight excluding hydrogens is 330 g/mol. The summed E-state index contributed by atoms with van der Waals surface area (Å²) in [4.78, 5) is 0. The summed E-state index contributed by atoms with van der Waals surface area (Å²) in [7, 11) is 0. The van der Waals surface area contributed by atoms with E-state index in [9.17, 15) is 5.11 Å². The van der Waals surface area contributed by atoms with Crippen molar-refractivity contribution < 1.29 is 9.84 Å². The minimum Gasteiger partial charge on any atom is -0.383 e. The Bertz CT molecular complexity index is 562. The molecule has 0 bridgehead atoms. The molecule has 3 N–H and O–H groups in total.